The van der Waals surface area contributed by atoms with Gasteiger partial charge < -0.3 is 31.9 Å². The Kier molecular flexibility index (Phi) is 10.9. The van der Waals surface area contributed by atoms with Crippen LogP contribution in [-0.2, 0) is 19.2 Å². The molecule has 0 saturated heterocycles. The quantitative estimate of drug-likeness (QED) is 0.196. The summed E-state index contributed by atoms with van der Waals surface area (Å²) in [6.07, 6.45) is 0.545. The fourth-order valence-corrected chi connectivity index (χ4v) is 2.15. The molecule has 7 N–H and O–H groups in total. The molecule has 5 atom stereocenters. The minimum absolute atomic E-state index is 0.0682. The molecular weight excluding hydrogens is 364 g/mol. The molecule has 0 aliphatic heterocycles. The van der Waals surface area contributed by atoms with Crippen LogP contribution in [0.25, 0.3) is 0 Å². The number of hydrogen-bond acceptors (Lipinski definition) is 7. The number of thiol groups is 1. The molecule has 0 fully saturated rings. The standard InChI is InChI=1S/C15H28N4O6S/c1-4-7(2)11(15(24)25)19-14(23)10(6-26)18-12(21)8(3)17-13(22)9(16)5-20/h7-11,20,26H,4-6,16H2,1-3H3,(H,17,22)(H,18,21)(H,19,23)(H,24,25). The SMILES string of the molecule is CCC(C)C(NC(=O)C(CS)NC(=O)C(C)NC(=O)C(N)CO)C(=O)O. The molecule has 11 heteroatoms. The number of carbonyl (C=O) groups is 4. The summed E-state index contributed by atoms with van der Waals surface area (Å²) in [5.41, 5.74) is 5.34. The molecule has 0 spiro atoms. The Bertz CT molecular complexity index is 518. The van der Waals surface area contributed by atoms with Gasteiger partial charge in [0.25, 0.3) is 0 Å². The summed E-state index contributed by atoms with van der Waals surface area (Å²) in [4.78, 5) is 47.2. The number of carboxylic acid groups (broad SMARTS) is 1. The average molecular weight is 392 g/mol. The molecule has 0 radical (unpaired) electrons. The van der Waals surface area contributed by atoms with Crippen LogP contribution in [0.2, 0.25) is 0 Å². The summed E-state index contributed by atoms with van der Waals surface area (Å²) < 4.78 is 0. The second-order valence-electron chi connectivity index (χ2n) is 5.97. The first-order chi connectivity index (χ1) is 12.1. The van der Waals surface area contributed by atoms with E-state index >= 15 is 0 Å². The monoisotopic (exact) mass is 392 g/mol. The number of nitrogens with one attached hydrogen (secondary N) is 3. The zero-order chi connectivity index (χ0) is 20.4. The Morgan fingerprint density at radius 3 is 2.04 bits per heavy atom. The lowest BCUT2D eigenvalue weighted by molar-refractivity contribution is -0.143. The van der Waals surface area contributed by atoms with Gasteiger partial charge >= 0.3 is 5.97 Å². The number of aliphatic hydroxyl groups is 1. The minimum Gasteiger partial charge on any atom is -0.480 e. The molecule has 0 aromatic carbocycles. The molecule has 3 amide bonds. The van der Waals surface area contributed by atoms with Crippen LogP contribution >= 0.6 is 12.6 Å². The van der Waals surface area contributed by atoms with E-state index in [0.29, 0.717) is 6.42 Å². The highest BCUT2D eigenvalue weighted by atomic mass is 32.1. The lowest BCUT2D eigenvalue weighted by Gasteiger charge is -2.24. The van der Waals surface area contributed by atoms with Crippen molar-refractivity contribution in [1.29, 1.82) is 0 Å². The molecule has 0 rings (SSSR count). The minimum atomic E-state index is -1.17. The smallest absolute Gasteiger partial charge is 0.326 e. The molecule has 0 aliphatic carbocycles. The van der Waals surface area contributed by atoms with Crippen molar-refractivity contribution in [3.8, 4) is 0 Å². The molecule has 150 valence electrons. The Morgan fingerprint density at radius 1 is 1.04 bits per heavy atom. The predicted octanol–water partition coefficient (Wildman–Crippen LogP) is -2.16. The summed E-state index contributed by atoms with van der Waals surface area (Å²) in [5, 5.41) is 25.1. The van der Waals surface area contributed by atoms with Gasteiger partial charge in [-0.1, -0.05) is 20.3 Å². The Labute approximate surface area is 157 Å². The van der Waals surface area contributed by atoms with Crippen LogP contribution < -0.4 is 21.7 Å². The first kappa shape index (κ1) is 24.1. The molecule has 5 unspecified atom stereocenters. The van der Waals surface area contributed by atoms with Crippen molar-refractivity contribution in [3.05, 3.63) is 0 Å². The van der Waals surface area contributed by atoms with Crippen LogP contribution in [-0.4, -0.2) is 70.4 Å². The van der Waals surface area contributed by atoms with Gasteiger partial charge in [-0.25, -0.2) is 4.79 Å². The summed E-state index contributed by atoms with van der Waals surface area (Å²) in [6, 6.07) is -4.35. The predicted molar refractivity (Wildman–Crippen MR) is 97.5 cm³/mol. The maximum absolute atomic E-state index is 12.3. The zero-order valence-electron chi connectivity index (χ0n) is 15.1. The lowest BCUT2D eigenvalue weighted by atomic mass is 9.99. The summed E-state index contributed by atoms with van der Waals surface area (Å²) in [5.74, 6) is -3.62. The van der Waals surface area contributed by atoms with Gasteiger partial charge in [-0.3, -0.25) is 14.4 Å². The molecule has 0 saturated carbocycles. The number of rotatable bonds is 11. The number of aliphatic hydroxyl groups excluding tert-OH is 1. The van der Waals surface area contributed by atoms with Crippen LogP contribution in [0.5, 0.6) is 0 Å². The van der Waals surface area contributed by atoms with Gasteiger partial charge in [-0.15, -0.1) is 0 Å². The number of amides is 3. The highest BCUT2D eigenvalue weighted by Crippen LogP contribution is 2.08. The van der Waals surface area contributed by atoms with Crippen LogP contribution in [0, 0.1) is 5.92 Å². The van der Waals surface area contributed by atoms with Gasteiger partial charge in [0.2, 0.25) is 17.7 Å². The van der Waals surface area contributed by atoms with Gasteiger partial charge in [0.15, 0.2) is 0 Å². The van der Waals surface area contributed by atoms with Crippen LogP contribution in [0.1, 0.15) is 27.2 Å². The van der Waals surface area contributed by atoms with Crippen molar-refractivity contribution >= 4 is 36.3 Å². The van der Waals surface area contributed by atoms with E-state index in [1.54, 1.807) is 13.8 Å². The van der Waals surface area contributed by atoms with E-state index in [2.05, 4.69) is 28.6 Å². The molecule has 0 bridgehead atoms. The highest BCUT2D eigenvalue weighted by molar-refractivity contribution is 7.80. The van der Waals surface area contributed by atoms with Crippen molar-refractivity contribution in [1.82, 2.24) is 16.0 Å². The van der Waals surface area contributed by atoms with E-state index in [4.69, 9.17) is 10.8 Å². The fraction of sp³-hybridized carbons (Fsp3) is 0.733. The van der Waals surface area contributed by atoms with E-state index in [1.807, 2.05) is 0 Å². The van der Waals surface area contributed by atoms with Crippen molar-refractivity contribution in [2.24, 2.45) is 11.7 Å². The molecular formula is C15H28N4O6S. The maximum atomic E-state index is 12.3. The van der Waals surface area contributed by atoms with Crippen LogP contribution in [0.3, 0.4) is 0 Å². The molecule has 10 nitrogen and oxygen atoms in total. The summed E-state index contributed by atoms with van der Waals surface area (Å²) in [6.45, 7) is 4.29. The third kappa shape index (κ3) is 7.58. The van der Waals surface area contributed by atoms with Gasteiger partial charge in [-0.2, -0.15) is 12.6 Å². The Hall–Kier alpha value is -1.85. The summed E-state index contributed by atoms with van der Waals surface area (Å²) >= 11 is 4.00. The van der Waals surface area contributed by atoms with Gasteiger partial charge in [0, 0.05) is 5.75 Å². The summed E-state index contributed by atoms with van der Waals surface area (Å²) in [7, 11) is 0. The number of hydrogen-bond donors (Lipinski definition) is 7. The normalized spacial score (nSPS) is 16.5. The molecule has 26 heavy (non-hydrogen) atoms. The second-order valence-corrected chi connectivity index (χ2v) is 6.34. The number of carbonyl (C=O) groups excluding carboxylic acids is 3. The van der Waals surface area contributed by atoms with E-state index in [0.717, 1.165) is 0 Å². The first-order valence-corrected chi connectivity index (χ1v) is 8.83. The van der Waals surface area contributed by atoms with Crippen molar-refractivity contribution in [3.63, 3.8) is 0 Å². The van der Waals surface area contributed by atoms with Gasteiger partial charge in [0.1, 0.15) is 24.2 Å². The highest BCUT2D eigenvalue weighted by Gasteiger charge is 2.30. The number of carboxylic acids is 1. The molecule has 0 aliphatic rings. The zero-order valence-corrected chi connectivity index (χ0v) is 16.0. The van der Waals surface area contributed by atoms with Crippen LogP contribution in [0.4, 0.5) is 0 Å². The lowest BCUT2D eigenvalue weighted by Crippen LogP contribution is -2.57. The van der Waals surface area contributed by atoms with E-state index in [-0.39, 0.29) is 11.7 Å². The first-order valence-electron chi connectivity index (χ1n) is 8.20. The molecule has 0 aromatic heterocycles. The largest absolute Gasteiger partial charge is 0.480 e. The van der Waals surface area contributed by atoms with Crippen molar-refractivity contribution < 1.29 is 29.4 Å². The second kappa shape index (κ2) is 11.7. The van der Waals surface area contributed by atoms with E-state index < -0.39 is 54.5 Å². The van der Waals surface area contributed by atoms with Crippen molar-refractivity contribution in [2.75, 3.05) is 12.4 Å². The van der Waals surface area contributed by atoms with E-state index in [1.165, 1.54) is 6.92 Å². The third-order valence-corrected chi connectivity index (χ3v) is 4.24. The number of nitrogens with two attached hydrogens (primary N) is 1. The van der Waals surface area contributed by atoms with Crippen molar-refractivity contribution in [2.45, 2.75) is 51.4 Å². The Morgan fingerprint density at radius 2 is 1.62 bits per heavy atom. The topological polar surface area (TPSA) is 171 Å². The maximum Gasteiger partial charge on any atom is 0.326 e. The fourth-order valence-electron chi connectivity index (χ4n) is 1.90. The average Bonchev–Trinajstić information content (AvgIpc) is 2.61. The molecule has 0 aromatic rings. The number of aliphatic carboxylic acids is 1. The third-order valence-electron chi connectivity index (χ3n) is 3.88. The Balaban J connectivity index is 4.86. The van der Waals surface area contributed by atoms with Gasteiger partial charge in [0.05, 0.1) is 6.61 Å². The van der Waals surface area contributed by atoms with E-state index in [9.17, 15) is 24.3 Å². The van der Waals surface area contributed by atoms with Gasteiger partial charge in [-0.05, 0) is 12.8 Å². The molecule has 0 heterocycles. The van der Waals surface area contributed by atoms with Crippen LogP contribution in [0.15, 0.2) is 0 Å².